The molecule has 0 saturated carbocycles. The van der Waals surface area contributed by atoms with Crippen molar-refractivity contribution in [3.63, 3.8) is 0 Å². The number of hydrogen-bond donors (Lipinski definition) is 1. The van der Waals surface area contributed by atoms with Gasteiger partial charge in [0.05, 0.1) is 11.1 Å². The highest BCUT2D eigenvalue weighted by Gasteiger charge is 2.17. The summed E-state index contributed by atoms with van der Waals surface area (Å²) in [6.07, 6.45) is 2.93. The smallest absolute Gasteiger partial charge is 0.259 e. The van der Waals surface area contributed by atoms with E-state index in [1.165, 1.54) is 17.3 Å². The van der Waals surface area contributed by atoms with Gasteiger partial charge in [0.1, 0.15) is 0 Å². The molecule has 0 fully saturated rings. The average molecular weight is 359 g/mol. The molecule has 1 N–H and O–H groups in total. The Morgan fingerprint density at radius 3 is 2.19 bits per heavy atom. The number of hydrogen-bond acceptors (Lipinski definition) is 3. The van der Waals surface area contributed by atoms with Crippen molar-refractivity contribution in [1.29, 1.82) is 0 Å². The third kappa shape index (κ3) is 4.03. The molecule has 3 rings (SSSR count). The van der Waals surface area contributed by atoms with Crippen LogP contribution in [0, 0.1) is 13.8 Å². The fourth-order valence-electron chi connectivity index (χ4n) is 2.84. The van der Waals surface area contributed by atoms with Crippen LogP contribution in [0.5, 0.6) is 0 Å². The molecular weight excluding hydrogens is 338 g/mol. The van der Waals surface area contributed by atoms with Crippen LogP contribution in [0.3, 0.4) is 0 Å². The van der Waals surface area contributed by atoms with Crippen molar-refractivity contribution in [2.75, 3.05) is 17.3 Å². The topological polar surface area (TPSA) is 62.3 Å². The van der Waals surface area contributed by atoms with E-state index < -0.39 is 0 Å². The van der Waals surface area contributed by atoms with Crippen molar-refractivity contribution in [3.05, 3.63) is 89.2 Å². The Labute approximate surface area is 158 Å². The summed E-state index contributed by atoms with van der Waals surface area (Å²) >= 11 is 0. The van der Waals surface area contributed by atoms with Crippen molar-refractivity contribution in [3.8, 4) is 0 Å². The highest BCUT2D eigenvalue weighted by Crippen LogP contribution is 2.21. The second-order valence-electron chi connectivity index (χ2n) is 6.38. The normalized spacial score (nSPS) is 10.3. The second kappa shape index (κ2) is 7.83. The Morgan fingerprint density at radius 1 is 0.889 bits per heavy atom. The lowest BCUT2D eigenvalue weighted by Gasteiger charge is -2.17. The number of rotatable bonds is 4. The Hall–Kier alpha value is -3.47. The molecule has 0 atom stereocenters. The molecule has 0 aliphatic heterocycles. The van der Waals surface area contributed by atoms with Gasteiger partial charge in [0.25, 0.3) is 11.8 Å². The van der Waals surface area contributed by atoms with E-state index in [0.717, 1.165) is 22.5 Å². The van der Waals surface area contributed by atoms with Gasteiger partial charge in [-0.1, -0.05) is 36.4 Å². The number of para-hydroxylation sites is 2. The summed E-state index contributed by atoms with van der Waals surface area (Å²) in [5, 5.41) is 2.92. The molecule has 1 aromatic heterocycles. The Morgan fingerprint density at radius 2 is 1.52 bits per heavy atom. The van der Waals surface area contributed by atoms with Crippen molar-refractivity contribution in [2.45, 2.75) is 13.8 Å². The van der Waals surface area contributed by atoms with Crippen molar-refractivity contribution in [1.82, 2.24) is 4.98 Å². The Balaban J connectivity index is 1.83. The van der Waals surface area contributed by atoms with Crippen LogP contribution in [0.2, 0.25) is 0 Å². The Bertz CT molecular complexity index is 964. The molecule has 0 bridgehead atoms. The molecule has 2 amide bonds. The number of aromatic nitrogens is 1. The van der Waals surface area contributed by atoms with Gasteiger partial charge >= 0.3 is 0 Å². The summed E-state index contributed by atoms with van der Waals surface area (Å²) in [7, 11) is 1.70. The van der Waals surface area contributed by atoms with Crippen molar-refractivity contribution >= 4 is 23.2 Å². The molecule has 27 heavy (non-hydrogen) atoms. The molecule has 5 heteroatoms. The molecule has 0 unspecified atom stereocenters. The predicted molar refractivity (Wildman–Crippen MR) is 107 cm³/mol. The van der Waals surface area contributed by atoms with Gasteiger partial charge in [0.15, 0.2) is 0 Å². The van der Waals surface area contributed by atoms with Crippen LogP contribution < -0.4 is 10.2 Å². The van der Waals surface area contributed by atoms with Gasteiger partial charge in [0.2, 0.25) is 0 Å². The summed E-state index contributed by atoms with van der Waals surface area (Å²) in [4.78, 5) is 31.0. The summed E-state index contributed by atoms with van der Waals surface area (Å²) in [5.74, 6) is -0.521. The first kappa shape index (κ1) is 18.3. The van der Waals surface area contributed by atoms with Crippen molar-refractivity contribution < 1.29 is 9.59 Å². The van der Waals surface area contributed by atoms with E-state index in [2.05, 4.69) is 10.3 Å². The molecule has 1 heterocycles. The number of carbonyl (C=O) groups excluding carboxylic acids is 2. The summed E-state index contributed by atoms with van der Waals surface area (Å²) in [6.45, 7) is 3.88. The van der Waals surface area contributed by atoms with E-state index in [0.29, 0.717) is 11.1 Å². The quantitative estimate of drug-likeness (QED) is 0.758. The van der Waals surface area contributed by atoms with Gasteiger partial charge in [-0.05, 0) is 43.2 Å². The van der Waals surface area contributed by atoms with Gasteiger partial charge in [0, 0.05) is 30.8 Å². The van der Waals surface area contributed by atoms with Gasteiger partial charge < -0.3 is 10.2 Å². The predicted octanol–water partition coefficient (Wildman–Crippen LogP) is 4.23. The monoisotopic (exact) mass is 359 g/mol. The Kier molecular flexibility index (Phi) is 5.31. The molecular formula is C22H21N3O2. The van der Waals surface area contributed by atoms with Crippen LogP contribution in [0.4, 0.5) is 11.4 Å². The zero-order chi connectivity index (χ0) is 19.4. The van der Waals surface area contributed by atoms with E-state index in [1.807, 2.05) is 62.4 Å². The maximum absolute atomic E-state index is 12.7. The van der Waals surface area contributed by atoms with Crippen LogP contribution in [0.15, 0.2) is 67.0 Å². The second-order valence-corrected chi connectivity index (χ2v) is 6.38. The molecule has 0 aliphatic rings. The van der Waals surface area contributed by atoms with Crippen LogP contribution in [0.25, 0.3) is 0 Å². The number of nitrogens with zero attached hydrogens (tertiary/aromatic N) is 2. The van der Waals surface area contributed by atoms with Crippen LogP contribution in [-0.4, -0.2) is 23.8 Å². The van der Waals surface area contributed by atoms with Crippen LogP contribution >= 0.6 is 0 Å². The fourth-order valence-corrected chi connectivity index (χ4v) is 2.84. The van der Waals surface area contributed by atoms with Gasteiger partial charge in [-0.25, -0.2) is 0 Å². The molecule has 5 nitrogen and oxygen atoms in total. The first-order valence-corrected chi connectivity index (χ1v) is 8.63. The zero-order valence-corrected chi connectivity index (χ0v) is 15.6. The maximum Gasteiger partial charge on any atom is 0.259 e. The molecule has 136 valence electrons. The molecule has 0 radical (unpaired) electrons. The number of pyridine rings is 1. The molecule has 0 spiro atoms. The first-order chi connectivity index (χ1) is 13.0. The fraction of sp³-hybridized carbons (Fsp3) is 0.136. The number of amides is 2. The molecule has 0 aliphatic carbocycles. The maximum atomic E-state index is 12.7. The lowest BCUT2D eigenvalue weighted by atomic mass is 10.1. The minimum absolute atomic E-state index is 0.226. The summed E-state index contributed by atoms with van der Waals surface area (Å²) < 4.78 is 0. The SMILES string of the molecule is Cc1cccc(C)c1NC(=O)c1cncc(C(=O)N(C)c2ccccc2)c1. The van der Waals surface area contributed by atoms with E-state index in [-0.39, 0.29) is 11.8 Å². The van der Waals surface area contributed by atoms with E-state index in [1.54, 1.807) is 13.1 Å². The number of carbonyl (C=O) groups is 2. The molecule has 0 saturated heterocycles. The highest BCUT2D eigenvalue weighted by molar-refractivity contribution is 6.09. The lowest BCUT2D eigenvalue weighted by molar-refractivity contribution is 0.0992. The first-order valence-electron chi connectivity index (χ1n) is 8.63. The van der Waals surface area contributed by atoms with Gasteiger partial charge in [-0.2, -0.15) is 0 Å². The summed E-state index contributed by atoms with van der Waals surface area (Å²) in [5.41, 5.74) is 4.20. The van der Waals surface area contributed by atoms with Gasteiger partial charge in [-0.15, -0.1) is 0 Å². The average Bonchev–Trinajstić information content (AvgIpc) is 2.70. The van der Waals surface area contributed by atoms with E-state index in [4.69, 9.17) is 0 Å². The van der Waals surface area contributed by atoms with Crippen molar-refractivity contribution in [2.24, 2.45) is 0 Å². The summed E-state index contributed by atoms with van der Waals surface area (Å²) in [6, 6.07) is 16.7. The van der Waals surface area contributed by atoms with E-state index >= 15 is 0 Å². The molecule has 2 aromatic carbocycles. The zero-order valence-electron chi connectivity index (χ0n) is 15.6. The number of benzene rings is 2. The number of nitrogens with one attached hydrogen (secondary N) is 1. The number of anilines is 2. The minimum Gasteiger partial charge on any atom is -0.321 e. The van der Waals surface area contributed by atoms with Crippen LogP contribution in [-0.2, 0) is 0 Å². The third-order valence-corrected chi connectivity index (χ3v) is 4.42. The van der Waals surface area contributed by atoms with E-state index in [9.17, 15) is 9.59 Å². The largest absolute Gasteiger partial charge is 0.321 e. The van der Waals surface area contributed by atoms with Gasteiger partial charge in [-0.3, -0.25) is 14.6 Å². The third-order valence-electron chi connectivity index (χ3n) is 4.42. The lowest BCUT2D eigenvalue weighted by Crippen LogP contribution is -2.26. The number of aryl methyl sites for hydroxylation is 2. The van der Waals surface area contributed by atoms with Crippen LogP contribution in [0.1, 0.15) is 31.8 Å². The standard InChI is InChI=1S/C22H21N3O2/c1-15-8-7-9-16(2)20(15)24-21(26)17-12-18(14-23-13-17)22(27)25(3)19-10-5-4-6-11-19/h4-14H,1-3H3,(H,24,26). The molecule has 3 aromatic rings. The minimum atomic E-state index is -0.295. The highest BCUT2D eigenvalue weighted by atomic mass is 16.2.